The summed E-state index contributed by atoms with van der Waals surface area (Å²) < 4.78 is 18.8. The van der Waals surface area contributed by atoms with E-state index >= 15 is 0 Å². The Balaban J connectivity index is 1.98. The summed E-state index contributed by atoms with van der Waals surface area (Å²) in [6, 6.07) is 19.9. The number of ether oxygens (including phenoxy) is 1. The summed E-state index contributed by atoms with van der Waals surface area (Å²) >= 11 is 0. The van der Waals surface area contributed by atoms with Crippen molar-refractivity contribution in [1.29, 1.82) is 0 Å². The van der Waals surface area contributed by atoms with Crippen LogP contribution in [0.1, 0.15) is 35.7 Å². The molecule has 3 aromatic carbocycles. The Kier molecular flexibility index (Phi) is 6.01. The summed E-state index contributed by atoms with van der Waals surface area (Å²) in [5.41, 5.74) is 2.49. The Morgan fingerprint density at radius 3 is 2.29 bits per heavy atom. The third-order valence-electron chi connectivity index (χ3n) is 4.63. The second-order valence-electron chi connectivity index (χ2n) is 6.50. The van der Waals surface area contributed by atoms with Gasteiger partial charge in [0.15, 0.2) is 0 Å². The van der Waals surface area contributed by atoms with Crippen molar-refractivity contribution in [3.05, 3.63) is 105 Å². The minimum absolute atomic E-state index is 0.0243. The van der Waals surface area contributed by atoms with Gasteiger partial charge in [-0.15, -0.1) is 0 Å². The number of non-ortho nitro benzene ring substituents is 1. The predicted molar refractivity (Wildman–Crippen MR) is 106 cm³/mol. The summed E-state index contributed by atoms with van der Waals surface area (Å²) in [7, 11) is 1.59. The van der Waals surface area contributed by atoms with Crippen LogP contribution in [0, 0.1) is 15.9 Å². The van der Waals surface area contributed by atoms with E-state index in [1.54, 1.807) is 25.3 Å². The number of nitrogens with zero attached hydrogens (tertiary/aromatic N) is 1. The highest BCUT2D eigenvalue weighted by atomic mass is 19.1. The van der Waals surface area contributed by atoms with Crippen molar-refractivity contribution in [3.8, 4) is 5.75 Å². The van der Waals surface area contributed by atoms with Crippen LogP contribution < -0.4 is 10.1 Å². The smallest absolute Gasteiger partial charge is 0.269 e. The van der Waals surface area contributed by atoms with Gasteiger partial charge in [0.05, 0.1) is 18.1 Å². The van der Waals surface area contributed by atoms with Gasteiger partial charge in [-0.25, -0.2) is 4.39 Å². The highest BCUT2D eigenvalue weighted by molar-refractivity contribution is 5.41. The Labute approximate surface area is 162 Å². The molecule has 0 saturated heterocycles. The molecule has 6 heteroatoms. The topological polar surface area (TPSA) is 64.4 Å². The molecule has 0 aliphatic carbocycles. The first-order valence-electron chi connectivity index (χ1n) is 8.87. The maximum Gasteiger partial charge on any atom is 0.269 e. The quantitative estimate of drug-likeness (QED) is 0.453. The van der Waals surface area contributed by atoms with E-state index in [9.17, 15) is 14.5 Å². The molecule has 0 fully saturated rings. The average molecular weight is 380 g/mol. The van der Waals surface area contributed by atoms with Crippen LogP contribution in [-0.4, -0.2) is 12.0 Å². The van der Waals surface area contributed by atoms with Gasteiger partial charge in [-0.05, 0) is 47.9 Å². The lowest BCUT2D eigenvalue weighted by molar-refractivity contribution is -0.384. The molecule has 0 bridgehead atoms. The van der Waals surface area contributed by atoms with Gasteiger partial charge in [-0.2, -0.15) is 0 Å². The van der Waals surface area contributed by atoms with Crippen LogP contribution in [0.3, 0.4) is 0 Å². The Bertz CT molecular complexity index is 960. The number of benzene rings is 3. The molecule has 28 heavy (non-hydrogen) atoms. The number of rotatable bonds is 7. The van der Waals surface area contributed by atoms with Gasteiger partial charge in [0.2, 0.25) is 0 Å². The minimum atomic E-state index is -0.412. The Hall–Kier alpha value is -3.25. The fourth-order valence-corrected chi connectivity index (χ4v) is 3.12. The molecule has 5 nitrogen and oxygen atoms in total. The lowest BCUT2D eigenvalue weighted by Crippen LogP contribution is -2.25. The third kappa shape index (κ3) is 4.53. The fourth-order valence-electron chi connectivity index (χ4n) is 3.12. The molecule has 3 rings (SSSR count). The van der Waals surface area contributed by atoms with Gasteiger partial charge in [-0.1, -0.05) is 36.4 Å². The maximum absolute atomic E-state index is 13.6. The lowest BCUT2D eigenvalue weighted by atomic mass is 9.96. The molecule has 0 spiro atoms. The summed E-state index contributed by atoms with van der Waals surface area (Å²) in [5, 5.41) is 14.7. The number of hydrogen-bond donors (Lipinski definition) is 1. The summed E-state index contributed by atoms with van der Waals surface area (Å²) in [6.07, 6.45) is 0. The molecular weight excluding hydrogens is 359 g/mol. The van der Waals surface area contributed by atoms with Crippen molar-refractivity contribution in [2.45, 2.75) is 19.0 Å². The number of nitro benzene ring substituents is 1. The number of methoxy groups -OCH3 is 1. The van der Waals surface area contributed by atoms with Crippen LogP contribution >= 0.6 is 0 Å². The first kappa shape index (κ1) is 19.5. The molecule has 0 aromatic heterocycles. The zero-order valence-electron chi connectivity index (χ0n) is 15.6. The van der Waals surface area contributed by atoms with Gasteiger partial charge in [0.25, 0.3) is 5.69 Å². The van der Waals surface area contributed by atoms with Crippen molar-refractivity contribution in [2.75, 3.05) is 7.11 Å². The molecule has 0 amide bonds. The van der Waals surface area contributed by atoms with Gasteiger partial charge >= 0.3 is 0 Å². The van der Waals surface area contributed by atoms with Crippen LogP contribution in [0.25, 0.3) is 0 Å². The molecule has 3 aromatic rings. The molecule has 0 aliphatic rings. The zero-order valence-corrected chi connectivity index (χ0v) is 15.6. The molecule has 1 unspecified atom stereocenters. The van der Waals surface area contributed by atoms with Crippen LogP contribution in [0.4, 0.5) is 10.1 Å². The minimum Gasteiger partial charge on any atom is -0.497 e. The van der Waals surface area contributed by atoms with Crippen molar-refractivity contribution in [1.82, 2.24) is 5.32 Å². The van der Waals surface area contributed by atoms with E-state index in [0.29, 0.717) is 0 Å². The number of hydrogen-bond acceptors (Lipinski definition) is 4. The van der Waals surface area contributed by atoms with E-state index in [1.165, 1.54) is 18.2 Å². The predicted octanol–water partition coefficient (Wildman–Crippen LogP) is 5.18. The van der Waals surface area contributed by atoms with E-state index in [-0.39, 0.29) is 23.6 Å². The molecule has 144 valence electrons. The first-order valence-corrected chi connectivity index (χ1v) is 8.87. The molecule has 0 radical (unpaired) electrons. The summed E-state index contributed by atoms with van der Waals surface area (Å²) in [6.45, 7) is 1.93. The molecule has 1 N–H and O–H groups in total. The Morgan fingerprint density at radius 1 is 0.964 bits per heavy atom. The summed E-state index contributed by atoms with van der Waals surface area (Å²) in [5.74, 6) is 0.419. The molecular formula is C22H21FN2O3. The number of nitro groups is 1. The normalized spacial score (nSPS) is 13.0. The van der Waals surface area contributed by atoms with Crippen molar-refractivity contribution in [3.63, 3.8) is 0 Å². The highest BCUT2D eigenvalue weighted by Gasteiger charge is 2.20. The van der Waals surface area contributed by atoms with Crippen molar-refractivity contribution in [2.24, 2.45) is 0 Å². The highest BCUT2D eigenvalue weighted by Crippen LogP contribution is 2.29. The molecule has 0 saturated carbocycles. The lowest BCUT2D eigenvalue weighted by Gasteiger charge is -2.25. The van der Waals surface area contributed by atoms with Crippen molar-refractivity contribution >= 4 is 5.69 Å². The standard InChI is InChI=1S/C22H21FN2O3/c1-15(17-5-3-7-19(23)13-17)24-22(16-9-11-21(28-2)12-10-16)18-6-4-8-20(14-18)25(26)27/h3-15,22,24H,1-2H3/t15-,22?/m0/s1. The number of nitrogens with one attached hydrogen (secondary N) is 1. The van der Waals surface area contributed by atoms with E-state index in [0.717, 1.165) is 22.4 Å². The van der Waals surface area contributed by atoms with E-state index < -0.39 is 4.92 Å². The van der Waals surface area contributed by atoms with Gasteiger partial charge < -0.3 is 4.74 Å². The third-order valence-corrected chi connectivity index (χ3v) is 4.63. The van der Waals surface area contributed by atoms with E-state index in [4.69, 9.17) is 4.74 Å². The van der Waals surface area contributed by atoms with Crippen LogP contribution in [-0.2, 0) is 0 Å². The van der Waals surface area contributed by atoms with Crippen LogP contribution in [0.5, 0.6) is 5.75 Å². The zero-order chi connectivity index (χ0) is 20.1. The van der Waals surface area contributed by atoms with Gasteiger partial charge in [0.1, 0.15) is 11.6 Å². The second kappa shape index (κ2) is 8.63. The van der Waals surface area contributed by atoms with E-state index in [2.05, 4.69) is 5.32 Å². The molecule has 0 aliphatic heterocycles. The SMILES string of the molecule is COc1ccc(C(N[C@@H](C)c2cccc(F)c2)c2cccc([N+](=O)[O-])c2)cc1. The fraction of sp³-hybridized carbons (Fsp3) is 0.182. The monoisotopic (exact) mass is 380 g/mol. The van der Waals surface area contributed by atoms with E-state index in [1.807, 2.05) is 43.3 Å². The molecule has 0 heterocycles. The Morgan fingerprint density at radius 2 is 1.64 bits per heavy atom. The molecule has 2 atom stereocenters. The maximum atomic E-state index is 13.6. The van der Waals surface area contributed by atoms with Crippen LogP contribution in [0.15, 0.2) is 72.8 Å². The van der Waals surface area contributed by atoms with Gasteiger partial charge in [-0.3, -0.25) is 15.4 Å². The van der Waals surface area contributed by atoms with Gasteiger partial charge in [0, 0.05) is 18.2 Å². The second-order valence-corrected chi connectivity index (χ2v) is 6.50. The van der Waals surface area contributed by atoms with Crippen LogP contribution in [0.2, 0.25) is 0 Å². The average Bonchev–Trinajstić information content (AvgIpc) is 2.72. The summed E-state index contributed by atoms with van der Waals surface area (Å²) in [4.78, 5) is 10.8. The van der Waals surface area contributed by atoms with Crippen molar-refractivity contribution < 1.29 is 14.1 Å². The number of halogens is 1. The largest absolute Gasteiger partial charge is 0.497 e. The first-order chi connectivity index (χ1) is 13.5.